The molecule has 0 saturated carbocycles. The van der Waals surface area contributed by atoms with Crippen molar-refractivity contribution in [1.29, 1.82) is 0 Å². The molecule has 14 heteroatoms. The number of carbonyl (C=O) groups excluding carboxylic acids is 1. The van der Waals surface area contributed by atoms with Crippen LogP contribution in [0.2, 0.25) is 0 Å². The molecule has 0 fully saturated rings. The zero-order chi connectivity index (χ0) is 32.1. The molecule has 0 radical (unpaired) electrons. The van der Waals surface area contributed by atoms with Crippen molar-refractivity contribution >= 4 is 43.6 Å². The Morgan fingerprint density at radius 3 is 2.53 bits per heavy atom. The summed E-state index contributed by atoms with van der Waals surface area (Å²) in [6, 6.07) is 11.2. The smallest absolute Gasteiger partial charge is 0.229 e. The number of amides is 1. The van der Waals surface area contributed by atoms with Crippen molar-refractivity contribution < 1.29 is 22.0 Å². The first-order valence-electron chi connectivity index (χ1n) is 13.8. The summed E-state index contributed by atoms with van der Waals surface area (Å²) in [5, 5.41) is 10.1. The number of hydrogen-bond donors (Lipinski definition) is 4. The Kier molecular flexibility index (Phi) is 7.41. The molecule has 6 aromatic rings. The maximum Gasteiger partial charge on any atom is 0.229 e. The third-order valence-electron chi connectivity index (χ3n) is 7.04. The molecule has 0 spiro atoms. The van der Waals surface area contributed by atoms with Crippen molar-refractivity contribution in [3.05, 3.63) is 78.3 Å². The minimum Gasteiger partial charge on any atom is -0.337 e. The topological polar surface area (TPSA) is 158 Å². The first-order chi connectivity index (χ1) is 21.3. The van der Waals surface area contributed by atoms with E-state index in [0.717, 1.165) is 6.26 Å². The molecule has 6 rings (SSSR count). The number of anilines is 1. The molecule has 4 N–H and O–H groups in total. The Labute approximate surface area is 256 Å². The highest BCUT2D eigenvalue weighted by molar-refractivity contribution is 7.88. The molecule has 0 aliphatic heterocycles. The van der Waals surface area contributed by atoms with Gasteiger partial charge in [0.15, 0.2) is 11.6 Å². The molecule has 2 aromatic carbocycles. The predicted molar refractivity (Wildman–Crippen MR) is 167 cm³/mol. The number of nitrogens with zero attached hydrogens (tertiary/aromatic N) is 4. The van der Waals surface area contributed by atoms with Gasteiger partial charge in [-0.2, -0.15) is 5.10 Å². The first-order valence-corrected chi connectivity index (χ1v) is 15.7. The van der Waals surface area contributed by atoms with Crippen molar-refractivity contribution in [2.45, 2.75) is 27.3 Å². The van der Waals surface area contributed by atoms with Crippen LogP contribution >= 0.6 is 0 Å². The number of para-hydroxylation sites is 1. The summed E-state index contributed by atoms with van der Waals surface area (Å²) in [5.74, 6) is -1.15. The van der Waals surface area contributed by atoms with Crippen molar-refractivity contribution in [3.8, 4) is 33.9 Å². The van der Waals surface area contributed by atoms with E-state index in [2.05, 4.69) is 35.2 Å². The largest absolute Gasteiger partial charge is 0.337 e. The van der Waals surface area contributed by atoms with Gasteiger partial charge in [0.05, 0.1) is 46.3 Å². The van der Waals surface area contributed by atoms with Crippen molar-refractivity contribution in [2.24, 2.45) is 5.41 Å². The molecular weight excluding hydrogens is 602 g/mol. The average molecular weight is 631 g/mol. The minimum absolute atomic E-state index is 0.0105. The molecule has 0 aliphatic rings. The average Bonchev–Trinajstić information content (AvgIpc) is 3.60. The number of aromatic amines is 2. The third kappa shape index (κ3) is 6.14. The maximum absolute atomic E-state index is 16.2. The highest BCUT2D eigenvalue weighted by Gasteiger charge is 2.23. The SMILES string of the molecule is CC(C)(C)C(=O)Nc1cncc(-c2ncc3[nH]nc(-c4nc5c(-c6cc(F)cc(CNS(C)(=O)=O)c6)cccc5[nH]4)c3c2F)c1. The van der Waals surface area contributed by atoms with Gasteiger partial charge in [0, 0.05) is 29.3 Å². The number of sulfonamides is 1. The summed E-state index contributed by atoms with van der Waals surface area (Å²) in [6.45, 7) is 5.27. The normalized spacial score (nSPS) is 12.2. The third-order valence-corrected chi connectivity index (χ3v) is 7.71. The fourth-order valence-corrected chi connectivity index (χ4v) is 5.23. The van der Waals surface area contributed by atoms with Gasteiger partial charge in [0.1, 0.15) is 17.2 Å². The van der Waals surface area contributed by atoms with Crippen LogP contribution in [0, 0.1) is 17.0 Å². The van der Waals surface area contributed by atoms with Crippen molar-refractivity contribution in [1.82, 2.24) is 34.9 Å². The van der Waals surface area contributed by atoms with E-state index in [-0.39, 0.29) is 35.1 Å². The monoisotopic (exact) mass is 630 g/mol. The lowest BCUT2D eigenvalue weighted by Gasteiger charge is -2.17. The summed E-state index contributed by atoms with van der Waals surface area (Å²) in [7, 11) is -3.48. The Morgan fingerprint density at radius 2 is 1.78 bits per heavy atom. The van der Waals surface area contributed by atoms with Crippen LogP contribution in [0.5, 0.6) is 0 Å². The van der Waals surface area contributed by atoms with Gasteiger partial charge in [-0.25, -0.2) is 26.9 Å². The second-order valence-corrected chi connectivity index (χ2v) is 13.5. The number of imidazole rings is 1. The van der Waals surface area contributed by atoms with E-state index < -0.39 is 27.1 Å². The Bertz CT molecular complexity index is 2220. The number of aromatic nitrogens is 6. The van der Waals surface area contributed by atoms with Gasteiger partial charge in [-0.3, -0.25) is 19.9 Å². The zero-order valence-electron chi connectivity index (χ0n) is 24.7. The fourth-order valence-electron chi connectivity index (χ4n) is 4.80. The van der Waals surface area contributed by atoms with Gasteiger partial charge in [0.2, 0.25) is 15.9 Å². The van der Waals surface area contributed by atoms with Gasteiger partial charge in [-0.1, -0.05) is 32.9 Å². The number of rotatable bonds is 7. The number of nitrogens with one attached hydrogen (secondary N) is 4. The summed E-state index contributed by atoms with van der Waals surface area (Å²) >= 11 is 0. The molecule has 0 atom stereocenters. The molecule has 0 aliphatic carbocycles. The lowest BCUT2D eigenvalue weighted by Crippen LogP contribution is -2.27. The number of pyridine rings is 2. The van der Waals surface area contributed by atoms with E-state index >= 15 is 4.39 Å². The van der Waals surface area contributed by atoms with Crippen LogP contribution in [0.25, 0.3) is 55.8 Å². The Balaban J connectivity index is 1.40. The van der Waals surface area contributed by atoms with Gasteiger partial charge in [0.25, 0.3) is 0 Å². The number of benzene rings is 2. The molecule has 0 saturated heterocycles. The number of fused-ring (bicyclic) bond motifs is 2. The Hall–Kier alpha value is -5.08. The van der Waals surface area contributed by atoms with E-state index in [9.17, 15) is 17.6 Å². The standard InChI is InChI=1S/C31H28F2N8O3S/c1-31(2,3)30(42)37-20-11-18(13-34-14-20)26-25(33)24-23(15-35-26)40-41-28(24)29-38-22-7-5-6-21(27(22)39-29)17-8-16(9-19(32)10-17)12-36-45(4,43)44/h5-11,13-15,36H,12H2,1-4H3,(H,37,42)(H,38,39)(H,40,41). The van der Waals surface area contributed by atoms with Gasteiger partial charge >= 0.3 is 0 Å². The molecule has 230 valence electrons. The summed E-state index contributed by atoms with van der Waals surface area (Å²) in [4.78, 5) is 28.8. The van der Waals surface area contributed by atoms with Crippen LogP contribution in [0.15, 0.2) is 61.1 Å². The number of H-pyrrole nitrogens is 2. The van der Waals surface area contributed by atoms with Crippen molar-refractivity contribution in [2.75, 3.05) is 11.6 Å². The highest BCUT2D eigenvalue weighted by Crippen LogP contribution is 2.35. The van der Waals surface area contributed by atoms with E-state index in [4.69, 9.17) is 4.98 Å². The summed E-state index contributed by atoms with van der Waals surface area (Å²) in [6.07, 6.45) is 5.41. The number of carbonyl (C=O) groups is 1. The van der Waals surface area contributed by atoms with Crippen LogP contribution in [-0.2, 0) is 21.4 Å². The van der Waals surface area contributed by atoms with Crippen molar-refractivity contribution in [3.63, 3.8) is 0 Å². The van der Waals surface area contributed by atoms with E-state index in [1.54, 1.807) is 51.1 Å². The van der Waals surface area contributed by atoms with Crippen LogP contribution in [0.3, 0.4) is 0 Å². The lowest BCUT2D eigenvalue weighted by molar-refractivity contribution is -0.123. The molecule has 4 heterocycles. The van der Waals surface area contributed by atoms with Gasteiger partial charge < -0.3 is 10.3 Å². The molecule has 0 unspecified atom stereocenters. The quantitative estimate of drug-likeness (QED) is 0.180. The highest BCUT2D eigenvalue weighted by atomic mass is 32.2. The second-order valence-electron chi connectivity index (χ2n) is 11.7. The minimum atomic E-state index is -3.48. The maximum atomic E-state index is 16.2. The Morgan fingerprint density at radius 1 is 0.978 bits per heavy atom. The van der Waals surface area contributed by atoms with Crippen LogP contribution in [0.4, 0.5) is 14.5 Å². The van der Waals surface area contributed by atoms with Crippen LogP contribution < -0.4 is 10.0 Å². The number of hydrogen-bond acceptors (Lipinski definition) is 7. The van der Waals surface area contributed by atoms with Crippen LogP contribution in [-0.4, -0.2) is 50.7 Å². The van der Waals surface area contributed by atoms with E-state index in [1.807, 2.05) is 0 Å². The molecule has 11 nitrogen and oxygen atoms in total. The molecule has 1 amide bonds. The fraction of sp³-hybridized carbons (Fsp3) is 0.194. The van der Waals surface area contributed by atoms with E-state index in [0.29, 0.717) is 44.5 Å². The molecule has 0 bridgehead atoms. The molecular formula is C31H28F2N8O3S. The predicted octanol–water partition coefficient (Wildman–Crippen LogP) is 5.54. The van der Waals surface area contributed by atoms with Crippen LogP contribution in [0.1, 0.15) is 26.3 Å². The van der Waals surface area contributed by atoms with Gasteiger partial charge in [-0.15, -0.1) is 0 Å². The zero-order valence-corrected chi connectivity index (χ0v) is 25.5. The van der Waals surface area contributed by atoms with Gasteiger partial charge in [-0.05, 0) is 41.5 Å². The summed E-state index contributed by atoms with van der Waals surface area (Å²) < 4.78 is 56.3. The lowest BCUT2D eigenvalue weighted by atomic mass is 9.95. The number of halogens is 2. The first kappa shape index (κ1) is 30.0. The molecule has 45 heavy (non-hydrogen) atoms. The van der Waals surface area contributed by atoms with E-state index in [1.165, 1.54) is 30.7 Å². The second kappa shape index (κ2) is 11.1. The summed E-state index contributed by atoms with van der Waals surface area (Å²) in [5.41, 5.74) is 3.25. The molecule has 4 aromatic heterocycles.